The Kier molecular flexibility index (Phi) is 5.59. The molecular weight excluding hydrogens is 234 g/mol. The highest BCUT2D eigenvalue weighted by molar-refractivity contribution is 6.32. The van der Waals surface area contributed by atoms with E-state index in [0.717, 1.165) is 26.1 Å². The van der Waals surface area contributed by atoms with Gasteiger partial charge in [-0.3, -0.25) is 4.79 Å². The Bertz CT molecular complexity index is 295. The first-order chi connectivity index (χ1) is 8.47. The van der Waals surface area contributed by atoms with E-state index < -0.39 is 11.9 Å². The van der Waals surface area contributed by atoms with Crippen molar-refractivity contribution < 1.29 is 19.1 Å². The molecule has 104 valence electrons. The summed E-state index contributed by atoms with van der Waals surface area (Å²) in [4.78, 5) is 22.6. The second kappa shape index (κ2) is 6.73. The van der Waals surface area contributed by atoms with E-state index in [1.165, 1.54) is 0 Å². The minimum Gasteiger partial charge on any atom is -0.459 e. The fourth-order valence-electron chi connectivity index (χ4n) is 2.20. The van der Waals surface area contributed by atoms with Crippen LogP contribution in [-0.4, -0.2) is 38.2 Å². The maximum Gasteiger partial charge on any atom is 0.396 e. The molecule has 0 aliphatic carbocycles. The maximum atomic E-state index is 11.5. The molecule has 0 aromatic carbocycles. The zero-order valence-corrected chi connectivity index (χ0v) is 11.5. The summed E-state index contributed by atoms with van der Waals surface area (Å²) in [5.74, 6) is -0.953. The van der Waals surface area contributed by atoms with Crippen molar-refractivity contribution in [3.05, 3.63) is 0 Å². The van der Waals surface area contributed by atoms with Gasteiger partial charge in [-0.15, -0.1) is 0 Å². The maximum absolute atomic E-state index is 11.5. The van der Waals surface area contributed by atoms with Crippen LogP contribution in [0.4, 0.5) is 0 Å². The van der Waals surface area contributed by atoms with Gasteiger partial charge in [0.05, 0.1) is 6.61 Å². The van der Waals surface area contributed by atoms with Crippen molar-refractivity contribution in [3.63, 3.8) is 0 Å². The molecule has 1 heterocycles. The third kappa shape index (κ3) is 4.29. The third-order valence-corrected chi connectivity index (χ3v) is 3.49. The summed E-state index contributed by atoms with van der Waals surface area (Å²) in [6.45, 7) is 8.14. The molecule has 1 N–H and O–H groups in total. The summed E-state index contributed by atoms with van der Waals surface area (Å²) < 4.78 is 9.97. The van der Waals surface area contributed by atoms with Crippen LogP contribution in [0, 0.1) is 11.3 Å². The van der Waals surface area contributed by atoms with Crippen LogP contribution in [-0.2, 0) is 19.1 Å². The molecule has 0 radical (unpaired) electrons. The molecule has 5 nitrogen and oxygen atoms in total. The van der Waals surface area contributed by atoms with E-state index in [1.54, 1.807) is 6.92 Å². The van der Waals surface area contributed by atoms with Gasteiger partial charge in [0.25, 0.3) is 0 Å². The van der Waals surface area contributed by atoms with Crippen LogP contribution in [0.3, 0.4) is 0 Å². The molecular formula is C13H23NO4. The first-order valence-electron chi connectivity index (χ1n) is 6.50. The van der Waals surface area contributed by atoms with E-state index in [4.69, 9.17) is 4.74 Å². The molecule has 1 saturated heterocycles. The van der Waals surface area contributed by atoms with Crippen LogP contribution < -0.4 is 5.32 Å². The Morgan fingerprint density at radius 3 is 2.50 bits per heavy atom. The minimum absolute atomic E-state index is 0.0358. The van der Waals surface area contributed by atoms with Crippen LogP contribution in [0.1, 0.15) is 33.6 Å². The topological polar surface area (TPSA) is 64.6 Å². The van der Waals surface area contributed by atoms with E-state index in [2.05, 4.69) is 23.9 Å². The van der Waals surface area contributed by atoms with Gasteiger partial charge in [-0.1, -0.05) is 13.8 Å². The molecule has 5 heteroatoms. The molecule has 0 spiro atoms. The largest absolute Gasteiger partial charge is 0.459 e. The van der Waals surface area contributed by atoms with Crippen molar-refractivity contribution >= 4 is 11.9 Å². The van der Waals surface area contributed by atoms with Gasteiger partial charge in [0.15, 0.2) is 0 Å². The fourth-order valence-corrected chi connectivity index (χ4v) is 2.20. The number of amides is 1. The Hall–Kier alpha value is -1.10. The van der Waals surface area contributed by atoms with Crippen LogP contribution in [0.15, 0.2) is 0 Å². The highest BCUT2D eigenvalue weighted by Gasteiger charge is 2.32. The number of carbonyl (C=O) groups excluding carboxylic acids is 2. The predicted octanol–water partition coefficient (Wildman–Crippen LogP) is 1.12. The van der Waals surface area contributed by atoms with Gasteiger partial charge in [0.2, 0.25) is 0 Å². The van der Waals surface area contributed by atoms with Crippen LogP contribution in [0.2, 0.25) is 0 Å². The molecule has 1 aliphatic rings. The van der Waals surface area contributed by atoms with Crippen molar-refractivity contribution in [2.24, 2.45) is 11.3 Å². The number of rotatable bonds is 4. The van der Waals surface area contributed by atoms with E-state index in [-0.39, 0.29) is 12.0 Å². The number of carbonyl (C=O) groups is 2. The molecule has 1 rings (SSSR count). The normalized spacial score (nSPS) is 17.3. The summed E-state index contributed by atoms with van der Waals surface area (Å²) in [7, 11) is 0. The lowest BCUT2D eigenvalue weighted by Crippen LogP contribution is -2.43. The second-order valence-electron chi connectivity index (χ2n) is 5.28. The number of hydrogen-bond donors (Lipinski definition) is 1. The van der Waals surface area contributed by atoms with E-state index in [1.807, 2.05) is 0 Å². The Morgan fingerprint density at radius 2 is 1.94 bits per heavy atom. The van der Waals surface area contributed by atoms with E-state index in [0.29, 0.717) is 12.5 Å². The van der Waals surface area contributed by atoms with Crippen molar-refractivity contribution in [2.45, 2.75) is 33.6 Å². The van der Waals surface area contributed by atoms with Gasteiger partial charge in [-0.25, -0.2) is 4.79 Å². The average Bonchev–Trinajstić information content (AvgIpc) is 2.37. The van der Waals surface area contributed by atoms with Gasteiger partial charge in [0.1, 0.15) is 0 Å². The predicted molar refractivity (Wildman–Crippen MR) is 67.0 cm³/mol. The molecule has 18 heavy (non-hydrogen) atoms. The first kappa shape index (κ1) is 15.0. The Morgan fingerprint density at radius 1 is 1.33 bits per heavy atom. The minimum atomic E-state index is -0.805. The molecule has 0 saturated carbocycles. The van der Waals surface area contributed by atoms with Crippen molar-refractivity contribution in [2.75, 3.05) is 26.4 Å². The fraction of sp³-hybridized carbons (Fsp3) is 0.846. The zero-order chi connectivity index (χ0) is 13.6. The van der Waals surface area contributed by atoms with Gasteiger partial charge < -0.3 is 14.8 Å². The first-order valence-corrected chi connectivity index (χ1v) is 6.50. The molecule has 0 atom stereocenters. The second-order valence-corrected chi connectivity index (χ2v) is 5.28. The number of esters is 1. The van der Waals surface area contributed by atoms with Gasteiger partial charge >= 0.3 is 11.9 Å². The van der Waals surface area contributed by atoms with Crippen molar-refractivity contribution in [3.8, 4) is 0 Å². The lowest BCUT2D eigenvalue weighted by molar-refractivity contribution is -0.154. The third-order valence-electron chi connectivity index (χ3n) is 3.49. The Labute approximate surface area is 108 Å². The molecule has 1 fully saturated rings. The quantitative estimate of drug-likeness (QED) is 0.605. The van der Waals surface area contributed by atoms with Crippen molar-refractivity contribution in [1.29, 1.82) is 0 Å². The molecule has 0 aromatic rings. The summed E-state index contributed by atoms with van der Waals surface area (Å²) >= 11 is 0. The molecule has 1 amide bonds. The smallest absolute Gasteiger partial charge is 0.396 e. The van der Waals surface area contributed by atoms with E-state index in [9.17, 15) is 9.59 Å². The van der Waals surface area contributed by atoms with E-state index >= 15 is 0 Å². The molecule has 0 unspecified atom stereocenters. The van der Waals surface area contributed by atoms with Crippen molar-refractivity contribution in [1.82, 2.24) is 5.32 Å². The average molecular weight is 257 g/mol. The monoisotopic (exact) mass is 257 g/mol. The highest BCUT2D eigenvalue weighted by atomic mass is 16.5. The van der Waals surface area contributed by atoms with Crippen LogP contribution >= 0.6 is 0 Å². The molecule has 0 aromatic heterocycles. The Balaban J connectivity index is 2.40. The summed E-state index contributed by atoms with van der Waals surface area (Å²) in [5, 5.41) is 2.65. The molecule has 0 bridgehead atoms. The van der Waals surface area contributed by atoms with Gasteiger partial charge in [-0.05, 0) is 31.1 Å². The number of hydrogen-bond acceptors (Lipinski definition) is 4. The van der Waals surface area contributed by atoms with Crippen LogP contribution in [0.25, 0.3) is 0 Å². The molecule has 1 aliphatic heterocycles. The SMILES string of the molecule is CCOC(=O)C(=O)NCC(C)(C)C1CCOCC1. The summed E-state index contributed by atoms with van der Waals surface area (Å²) in [6.07, 6.45) is 2.00. The van der Waals surface area contributed by atoms with Crippen LogP contribution in [0.5, 0.6) is 0 Å². The summed E-state index contributed by atoms with van der Waals surface area (Å²) in [5.41, 5.74) is -0.0358. The number of nitrogens with one attached hydrogen (secondary N) is 1. The highest BCUT2D eigenvalue weighted by Crippen LogP contribution is 2.33. The van der Waals surface area contributed by atoms with Gasteiger partial charge in [0, 0.05) is 19.8 Å². The standard InChI is InChI=1S/C13H23NO4/c1-4-18-12(16)11(15)14-9-13(2,3)10-5-7-17-8-6-10/h10H,4-9H2,1-3H3,(H,14,15). The lowest BCUT2D eigenvalue weighted by Gasteiger charge is -2.36. The lowest BCUT2D eigenvalue weighted by atomic mass is 9.74. The summed E-state index contributed by atoms with van der Waals surface area (Å²) in [6, 6.07) is 0. The van der Waals surface area contributed by atoms with Gasteiger partial charge in [-0.2, -0.15) is 0 Å². The number of ether oxygens (including phenoxy) is 2. The zero-order valence-electron chi connectivity index (χ0n) is 11.5.